The van der Waals surface area contributed by atoms with E-state index >= 15 is 0 Å². The van der Waals surface area contributed by atoms with E-state index in [0.29, 0.717) is 35.0 Å². The summed E-state index contributed by atoms with van der Waals surface area (Å²) in [4.78, 5) is 25.8. The SMILES string of the molecule is CCOC(=O)N(C)c1ccc(NC(=O)c2cc(OC)c(OC)cc2I)cc1. The molecule has 1 N–H and O–H groups in total. The third kappa shape index (κ3) is 5.03. The first-order valence-corrected chi connectivity index (χ1v) is 9.22. The number of nitrogens with zero attached hydrogens (tertiary/aromatic N) is 1. The van der Waals surface area contributed by atoms with Gasteiger partial charge in [-0.1, -0.05) is 0 Å². The molecule has 0 bridgehead atoms. The number of rotatable bonds is 6. The van der Waals surface area contributed by atoms with Gasteiger partial charge in [0, 0.05) is 22.0 Å². The molecule has 0 radical (unpaired) electrons. The molecule has 2 aromatic carbocycles. The minimum absolute atomic E-state index is 0.271. The minimum Gasteiger partial charge on any atom is -0.493 e. The lowest BCUT2D eigenvalue weighted by atomic mass is 10.1. The third-order valence-electron chi connectivity index (χ3n) is 3.77. The molecule has 0 saturated heterocycles. The van der Waals surface area contributed by atoms with E-state index in [2.05, 4.69) is 27.9 Å². The molecule has 2 rings (SSSR count). The first-order valence-electron chi connectivity index (χ1n) is 8.14. The average molecular weight is 484 g/mol. The van der Waals surface area contributed by atoms with Crippen LogP contribution in [0.4, 0.5) is 16.2 Å². The summed E-state index contributed by atoms with van der Waals surface area (Å²) in [5.41, 5.74) is 1.74. The fourth-order valence-electron chi connectivity index (χ4n) is 2.32. The molecule has 0 aliphatic heterocycles. The normalized spacial score (nSPS) is 10.1. The van der Waals surface area contributed by atoms with Gasteiger partial charge in [0.1, 0.15) is 0 Å². The molecule has 7 nitrogen and oxygen atoms in total. The molecule has 0 aliphatic rings. The number of carbonyl (C=O) groups is 2. The molecule has 0 aromatic heterocycles. The average Bonchev–Trinajstić information content (AvgIpc) is 2.67. The summed E-state index contributed by atoms with van der Waals surface area (Å²) < 4.78 is 16.2. The van der Waals surface area contributed by atoms with Gasteiger partial charge in [0.25, 0.3) is 5.91 Å². The predicted molar refractivity (Wildman–Crippen MR) is 112 cm³/mol. The van der Waals surface area contributed by atoms with Crippen LogP contribution in [0.3, 0.4) is 0 Å². The van der Waals surface area contributed by atoms with E-state index in [4.69, 9.17) is 14.2 Å². The maximum atomic E-state index is 12.6. The lowest BCUT2D eigenvalue weighted by molar-refractivity contribution is 0.102. The monoisotopic (exact) mass is 484 g/mol. The quantitative estimate of drug-likeness (QED) is 0.624. The number of anilines is 2. The Hall–Kier alpha value is -2.49. The number of benzene rings is 2. The third-order valence-corrected chi connectivity index (χ3v) is 4.66. The van der Waals surface area contributed by atoms with Crippen molar-refractivity contribution in [2.24, 2.45) is 0 Å². The Labute approximate surface area is 171 Å². The van der Waals surface area contributed by atoms with Crippen molar-refractivity contribution < 1.29 is 23.8 Å². The first kappa shape index (κ1) is 20.8. The van der Waals surface area contributed by atoms with Gasteiger partial charge in [-0.3, -0.25) is 9.69 Å². The van der Waals surface area contributed by atoms with Crippen LogP contribution in [-0.4, -0.2) is 39.9 Å². The second-order valence-corrected chi connectivity index (χ2v) is 6.61. The number of ether oxygens (including phenoxy) is 3. The minimum atomic E-state index is -0.436. The zero-order valence-electron chi connectivity index (χ0n) is 15.5. The molecule has 0 aliphatic carbocycles. The number of halogens is 1. The van der Waals surface area contributed by atoms with Crippen molar-refractivity contribution in [3.63, 3.8) is 0 Å². The molecule has 0 spiro atoms. The summed E-state index contributed by atoms with van der Waals surface area (Å²) in [7, 11) is 4.69. The Morgan fingerprint density at radius 3 is 2.22 bits per heavy atom. The van der Waals surface area contributed by atoms with Crippen molar-refractivity contribution in [3.8, 4) is 11.5 Å². The number of hydrogen-bond donors (Lipinski definition) is 1. The molecule has 2 amide bonds. The van der Waals surface area contributed by atoms with E-state index in [1.165, 1.54) is 12.0 Å². The van der Waals surface area contributed by atoms with E-state index in [9.17, 15) is 9.59 Å². The fourth-order valence-corrected chi connectivity index (χ4v) is 3.00. The van der Waals surface area contributed by atoms with E-state index in [0.717, 1.165) is 3.57 Å². The number of amides is 2. The lowest BCUT2D eigenvalue weighted by Crippen LogP contribution is -2.26. The molecular weight excluding hydrogens is 463 g/mol. The van der Waals surface area contributed by atoms with Crippen molar-refractivity contribution in [1.29, 1.82) is 0 Å². The van der Waals surface area contributed by atoms with Gasteiger partial charge in [-0.15, -0.1) is 0 Å². The molecule has 144 valence electrons. The van der Waals surface area contributed by atoms with Crippen LogP contribution in [0.5, 0.6) is 11.5 Å². The number of methoxy groups -OCH3 is 2. The highest BCUT2D eigenvalue weighted by atomic mass is 127. The second kappa shape index (κ2) is 9.45. The molecule has 0 fully saturated rings. The number of carbonyl (C=O) groups excluding carboxylic acids is 2. The van der Waals surface area contributed by atoms with Gasteiger partial charge in [-0.25, -0.2) is 4.79 Å². The highest BCUT2D eigenvalue weighted by molar-refractivity contribution is 14.1. The summed E-state index contributed by atoms with van der Waals surface area (Å²) in [6, 6.07) is 10.3. The Morgan fingerprint density at radius 2 is 1.67 bits per heavy atom. The standard InChI is InChI=1S/C19H21IN2O5/c1-5-27-19(24)22(2)13-8-6-12(7-9-13)21-18(23)14-10-16(25-3)17(26-4)11-15(14)20/h6-11H,5H2,1-4H3,(H,21,23). The Kier molecular flexibility index (Phi) is 7.28. The molecule has 8 heteroatoms. The van der Waals surface area contributed by atoms with E-state index in [1.54, 1.807) is 57.5 Å². The van der Waals surface area contributed by atoms with Gasteiger partial charge in [0.15, 0.2) is 11.5 Å². The van der Waals surface area contributed by atoms with Crippen molar-refractivity contribution in [2.45, 2.75) is 6.92 Å². The fraction of sp³-hybridized carbons (Fsp3) is 0.263. The van der Waals surface area contributed by atoms with Gasteiger partial charge in [-0.05, 0) is 65.9 Å². The van der Waals surface area contributed by atoms with Crippen molar-refractivity contribution in [1.82, 2.24) is 0 Å². The smallest absolute Gasteiger partial charge is 0.413 e. The zero-order valence-corrected chi connectivity index (χ0v) is 17.7. The van der Waals surface area contributed by atoms with Gasteiger partial charge in [0.05, 0.1) is 26.4 Å². The van der Waals surface area contributed by atoms with Crippen LogP contribution in [0.1, 0.15) is 17.3 Å². The topological polar surface area (TPSA) is 77.1 Å². The van der Waals surface area contributed by atoms with E-state index in [1.807, 2.05) is 0 Å². The van der Waals surface area contributed by atoms with Crippen LogP contribution in [0, 0.1) is 3.57 Å². The Morgan fingerprint density at radius 1 is 1.07 bits per heavy atom. The molecule has 2 aromatic rings. The Bertz CT molecular complexity index is 824. The molecule has 27 heavy (non-hydrogen) atoms. The molecule has 0 atom stereocenters. The van der Waals surface area contributed by atoms with Crippen LogP contribution >= 0.6 is 22.6 Å². The number of nitrogens with one attached hydrogen (secondary N) is 1. The summed E-state index contributed by atoms with van der Waals surface area (Å²) in [5, 5.41) is 2.83. The van der Waals surface area contributed by atoms with Crippen LogP contribution in [0.2, 0.25) is 0 Å². The van der Waals surface area contributed by atoms with Crippen LogP contribution < -0.4 is 19.7 Å². The van der Waals surface area contributed by atoms with Crippen LogP contribution in [0.15, 0.2) is 36.4 Å². The van der Waals surface area contributed by atoms with Crippen molar-refractivity contribution in [3.05, 3.63) is 45.5 Å². The second-order valence-electron chi connectivity index (χ2n) is 5.45. The highest BCUT2D eigenvalue weighted by Crippen LogP contribution is 2.31. The van der Waals surface area contributed by atoms with Gasteiger partial charge in [0.2, 0.25) is 0 Å². The summed E-state index contributed by atoms with van der Waals surface area (Å²) in [6.45, 7) is 2.06. The largest absolute Gasteiger partial charge is 0.493 e. The zero-order chi connectivity index (χ0) is 20.0. The maximum Gasteiger partial charge on any atom is 0.413 e. The van der Waals surface area contributed by atoms with Gasteiger partial charge < -0.3 is 19.5 Å². The molecule has 0 saturated carbocycles. The predicted octanol–water partition coefficient (Wildman–Crippen LogP) is 4.15. The van der Waals surface area contributed by atoms with Gasteiger partial charge in [-0.2, -0.15) is 0 Å². The summed E-state index contributed by atoms with van der Waals surface area (Å²) in [5.74, 6) is 0.770. The molecular formula is C19H21IN2O5. The molecule has 0 unspecified atom stereocenters. The first-order chi connectivity index (χ1) is 12.9. The number of hydrogen-bond acceptors (Lipinski definition) is 5. The van der Waals surface area contributed by atoms with Crippen LogP contribution in [0.25, 0.3) is 0 Å². The van der Waals surface area contributed by atoms with Gasteiger partial charge >= 0.3 is 6.09 Å². The highest BCUT2D eigenvalue weighted by Gasteiger charge is 2.16. The van der Waals surface area contributed by atoms with E-state index in [-0.39, 0.29) is 5.91 Å². The Balaban J connectivity index is 2.15. The lowest BCUT2D eigenvalue weighted by Gasteiger charge is -2.17. The van der Waals surface area contributed by atoms with Crippen molar-refractivity contribution in [2.75, 3.05) is 38.1 Å². The van der Waals surface area contributed by atoms with Crippen LogP contribution in [-0.2, 0) is 4.74 Å². The summed E-state index contributed by atoms with van der Waals surface area (Å²) in [6.07, 6.45) is -0.436. The molecule has 0 heterocycles. The van der Waals surface area contributed by atoms with Crippen molar-refractivity contribution >= 4 is 46.0 Å². The van der Waals surface area contributed by atoms with E-state index < -0.39 is 6.09 Å². The maximum absolute atomic E-state index is 12.6. The summed E-state index contributed by atoms with van der Waals surface area (Å²) >= 11 is 2.07.